The first-order valence-corrected chi connectivity index (χ1v) is 14.7. The number of carbonyl (C=O) groups is 1. The minimum atomic E-state index is -3.57. The number of benzene rings is 3. The number of anilines is 2. The molecule has 1 saturated carbocycles. The minimum absolute atomic E-state index is 0.171. The van der Waals surface area contributed by atoms with Crippen LogP contribution in [0.3, 0.4) is 0 Å². The van der Waals surface area contributed by atoms with Gasteiger partial charge in [0.15, 0.2) is 0 Å². The molecule has 3 aromatic carbocycles. The van der Waals surface area contributed by atoms with Crippen LogP contribution in [0.15, 0.2) is 76.8 Å². The molecular weight excluding hydrogens is 500 g/mol. The second kappa shape index (κ2) is 11.5. The highest BCUT2D eigenvalue weighted by Crippen LogP contribution is 2.28. The number of carbonyl (C=O) groups excluding carboxylic acids is 1. The molecule has 1 aliphatic carbocycles. The predicted octanol–water partition coefficient (Wildman–Crippen LogP) is 5.09. The summed E-state index contributed by atoms with van der Waals surface area (Å²) in [6.45, 7) is 1.93. The zero-order valence-electron chi connectivity index (χ0n) is 21.4. The third-order valence-electron chi connectivity index (χ3n) is 7.68. The molecule has 1 aliphatic heterocycles. The highest BCUT2D eigenvalue weighted by atomic mass is 32.2. The first-order chi connectivity index (χ1) is 18.4. The number of oxime groups is 1. The number of sulfonamides is 1. The van der Waals surface area contributed by atoms with Crippen LogP contribution in [0.4, 0.5) is 11.4 Å². The summed E-state index contributed by atoms with van der Waals surface area (Å²) in [7, 11) is -3.57. The van der Waals surface area contributed by atoms with Crippen LogP contribution in [0.5, 0.6) is 0 Å². The SMILES string of the molecule is O=C(Nc1ccc(N2CCN(S(=O)(=O)c3ccc4ccccc4c3)CC2)cc1)/C(CC1CCCCC1)=N/O. The lowest BCUT2D eigenvalue weighted by Crippen LogP contribution is -2.48. The van der Waals surface area contributed by atoms with E-state index in [0.717, 1.165) is 42.1 Å². The van der Waals surface area contributed by atoms with Crippen LogP contribution in [0, 0.1) is 5.92 Å². The number of piperazine rings is 1. The maximum Gasteiger partial charge on any atom is 0.273 e. The van der Waals surface area contributed by atoms with E-state index in [9.17, 15) is 18.4 Å². The van der Waals surface area contributed by atoms with Gasteiger partial charge in [0.25, 0.3) is 5.91 Å². The average molecular weight is 535 g/mol. The Morgan fingerprint density at radius 3 is 2.26 bits per heavy atom. The minimum Gasteiger partial charge on any atom is -0.410 e. The van der Waals surface area contributed by atoms with Crippen molar-refractivity contribution in [3.05, 3.63) is 66.7 Å². The molecule has 3 aromatic rings. The highest BCUT2D eigenvalue weighted by molar-refractivity contribution is 7.89. The second-order valence-corrected chi connectivity index (χ2v) is 12.1. The summed E-state index contributed by atoms with van der Waals surface area (Å²) >= 11 is 0. The van der Waals surface area contributed by atoms with Crippen molar-refractivity contribution in [2.75, 3.05) is 36.4 Å². The predicted molar refractivity (Wildman–Crippen MR) is 150 cm³/mol. The van der Waals surface area contributed by atoms with E-state index in [1.54, 1.807) is 16.4 Å². The van der Waals surface area contributed by atoms with E-state index in [2.05, 4.69) is 15.4 Å². The van der Waals surface area contributed by atoms with Gasteiger partial charge in [0.2, 0.25) is 10.0 Å². The first kappa shape index (κ1) is 26.2. The monoisotopic (exact) mass is 534 g/mol. The molecule has 0 aromatic heterocycles. The van der Waals surface area contributed by atoms with Crippen molar-refractivity contribution >= 4 is 43.8 Å². The van der Waals surface area contributed by atoms with Gasteiger partial charge >= 0.3 is 0 Å². The zero-order chi connectivity index (χ0) is 26.5. The van der Waals surface area contributed by atoms with Gasteiger partial charge in [-0.15, -0.1) is 0 Å². The zero-order valence-corrected chi connectivity index (χ0v) is 22.2. The number of hydrogen-bond donors (Lipinski definition) is 2. The fourth-order valence-electron chi connectivity index (χ4n) is 5.47. The van der Waals surface area contributed by atoms with Crippen molar-refractivity contribution in [2.45, 2.75) is 43.4 Å². The summed E-state index contributed by atoms with van der Waals surface area (Å²) in [5.41, 5.74) is 1.76. The molecule has 0 bridgehead atoms. The molecule has 0 atom stereocenters. The summed E-state index contributed by atoms with van der Waals surface area (Å²) in [4.78, 5) is 15.1. The van der Waals surface area contributed by atoms with Gasteiger partial charge in [-0.2, -0.15) is 4.31 Å². The third kappa shape index (κ3) is 5.84. The molecule has 9 heteroatoms. The highest BCUT2D eigenvalue weighted by Gasteiger charge is 2.29. The lowest BCUT2D eigenvalue weighted by atomic mass is 9.85. The summed E-state index contributed by atoms with van der Waals surface area (Å²) in [6.07, 6.45) is 6.19. The van der Waals surface area contributed by atoms with Gasteiger partial charge in [0.05, 0.1) is 4.90 Å². The van der Waals surface area contributed by atoms with Gasteiger partial charge in [0.1, 0.15) is 5.71 Å². The summed E-state index contributed by atoms with van der Waals surface area (Å²) < 4.78 is 28.1. The van der Waals surface area contributed by atoms with Crippen molar-refractivity contribution in [1.82, 2.24) is 4.31 Å². The van der Waals surface area contributed by atoms with Crippen LogP contribution in [0.2, 0.25) is 0 Å². The molecular formula is C29H34N4O4S. The van der Waals surface area contributed by atoms with Crippen molar-refractivity contribution in [1.29, 1.82) is 0 Å². The van der Waals surface area contributed by atoms with Gasteiger partial charge in [-0.05, 0) is 53.1 Å². The second-order valence-electron chi connectivity index (χ2n) is 10.2. The van der Waals surface area contributed by atoms with Crippen molar-refractivity contribution in [3.63, 3.8) is 0 Å². The summed E-state index contributed by atoms with van der Waals surface area (Å²) in [6, 6.07) is 20.5. The Morgan fingerprint density at radius 2 is 1.58 bits per heavy atom. The van der Waals surface area contributed by atoms with E-state index in [4.69, 9.17) is 0 Å². The topological polar surface area (TPSA) is 102 Å². The van der Waals surface area contributed by atoms with Crippen LogP contribution in [-0.4, -0.2) is 55.7 Å². The van der Waals surface area contributed by atoms with Crippen LogP contribution in [0.25, 0.3) is 10.8 Å². The molecule has 0 radical (unpaired) electrons. The Kier molecular flexibility index (Phi) is 7.95. The molecule has 38 heavy (non-hydrogen) atoms. The lowest BCUT2D eigenvalue weighted by molar-refractivity contribution is -0.110. The molecule has 0 unspecified atom stereocenters. The van der Waals surface area contributed by atoms with E-state index >= 15 is 0 Å². The quantitative estimate of drug-likeness (QED) is 0.250. The number of nitrogens with one attached hydrogen (secondary N) is 1. The smallest absolute Gasteiger partial charge is 0.273 e. The molecule has 1 heterocycles. The molecule has 2 N–H and O–H groups in total. The normalized spacial score (nSPS) is 18.0. The lowest BCUT2D eigenvalue weighted by Gasteiger charge is -2.35. The molecule has 8 nitrogen and oxygen atoms in total. The van der Waals surface area contributed by atoms with Gasteiger partial charge in [-0.25, -0.2) is 8.42 Å². The van der Waals surface area contributed by atoms with Crippen LogP contribution >= 0.6 is 0 Å². The molecule has 2 aliphatic rings. The van der Waals surface area contributed by atoms with Crippen LogP contribution < -0.4 is 10.2 Å². The molecule has 200 valence electrons. The van der Waals surface area contributed by atoms with Crippen molar-refractivity contribution < 1.29 is 18.4 Å². The molecule has 2 fully saturated rings. The average Bonchev–Trinajstić information content (AvgIpc) is 2.96. The van der Waals surface area contributed by atoms with E-state index in [-0.39, 0.29) is 11.6 Å². The largest absolute Gasteiger partial charge is 0.410 e. The number of rotatable bonds is 7. The number of hydrogen-bond acceptors (Lipinski definition) is 6. The standard InChI is InChI=1S/C29H34N4O4S/c34-29(28(31-35)20-22-6-2-1-3-7-22)30-25-11-13-26(14-12-25)32-16-18-33(19-17-32)38(36,37)27-15-10-23-8-4-5-9-24(23)21-27/h4-5,8-15,21-22,35H,1-3,6-7,16-20H2,(H,30,34)/b31-28+. The van der Waals surface area contributed by atoms with Crippen LogP contribution in [0.1, 0.15) is 38.5 Å². The number of fused-ring (bicyclic) bond motifs is 1. The molecule has 0 spiro atoms. The maximum atomic E-state index is 13.3. The Bertz CT molecular complexity index is 1410. The van der Waals surface area contributed by atoms with Gasteiger partial charge in [0, 0.05) is 44.0 Å². The van der Waals surface area contributed by atoms with E-state index in [0.29, 0.717) is 49.1 Å². The Labute approximate surface area is 224 Å². The van der Waals surface area contributed by atoms with E-state index in [1.807, 2.05) is 54.6 Å². The van der Waals surface area contributed by atoms with E-state index < -0.39 is 10.0 Å². The summed E-state index contributed by atoms with van der Waals surface area (Å²) in [5, 5.41) is 17.4. The van der Waals surface area contributed by atoms with E-state index in [1.165, 1.54) is 6.42 Å². The Morgan fingerprint density at radius 1 is 0.895 bits per heavy atom. The third-order valence-corrected chi connectivity index (χ3v) is 9.57. The summed E-state index contributed by atoms with van der Waals surface area (Å²) in [5.74, 6) is 0.0184. The van der Waals surface area contributed by atoms with Crippen LogP contribution in [-0.2, 0) is 14.8 Å². The van der Waals surface area contributed by atoms with Gasteiger partial charge in [-0.1, -0.05) is 67.6 Å². The number of amides is 1. The number of nitrogens with zero attached hydrogens (tertiary/aromatic N) is 3. The van der Waals surface area contributed by atoms with Crippen molar-refractivity contribution in [2.24, 2.45) is 11.1 Å². The fraction of sp³-hybridized carbons (Fsp3) is 0.379. The van der Waals surface area contributed by atoms with Crippen molar-refractivity contribution in [3.8, 4) is 0 Å². The molecule has 1 saturated heterocycles. The fourth-order valence-corrected chi connectivity index (χ4v) is 6.92. The first-order valence-electron chi connectivity index (χ1n) is 13.3. The molecule has 5 rings (SSSR count). The van der Waals surface area contributed by atoms with Gasteiger partial charge < -0.3 is 15.4 Å². The van der Waals surface area contributed by atoms with Gasteiger partial charge in [-0.3, -0.25) is 4.79 Å². The Balaban J connectivity index is 1.17. The molecule has 1 amide bonds. The maximum absolute atomic E-state index is 13.3. The Hall–Kier alpha value is -3.43.